The Bertz CT molecular complexity index is 423. The maximum Gasteiger partial charge on any atom is 0.226 e. The quantitative estimate of drug-likeness (QED) is 0.780. The minimum atomic E-state index is 0.708. The van der Waals surface area contributed by atoms with Crippen LogP contribution in [0, 0.1) is 0 Å². The van der Waals surface area contributed by atoms with Crippen molar-refractivity contribution in [2.45, 2.75) is 12.8 Å². The number of aromatic nitrogens is 1. The summed E-state index contributed by atoms with van der Waals surface area (Å²) >= 11 is 0. The number of nitrogens with zero attached hydrogens (tertiary/aromatic N) is 1. The van der Waals surface area contributed by atoms with Gasteiger partial charge in [0, 0.05) is 12.0 Å². The summed E-state index contributed by atoms with van der Waals surface area (Å²) in [6.45, 7) is 1.00. The monoisotopic (exact) mass is 216 g/mol. The largest absolute Gasteiger partial charge is 0.441 e. The van der Waals surface area contributed by atoms with Crippen LogP contribution in [0.3, 0.4) is 0 Å². The highest BCUT2D eigenvalue weighted by molar-refractivity contribution is 5.52. The zero-order chi connectivity index (χ0) is 11.2. The van der Waals surface area contributed by atoms with Crippen molar-refractivity contribution in [1.82, 2.24) is 10.3 Å². The Labute approximate surface area is 95.5 Å². The summed E-state index contributed by atoms with van der Waals surface area (Å²) in [6, 6.07) is 9.97. The van der Waals surface area contributed by atoms with Crippen molar-refractivity contribution in [3.63, 3.8) is 0 Å². The van der Waals surface area contributed by atoms with Crippen molar-refractivity contribution in [3.05, 3.63) is 42.3 Å². The number of oxazole rings is 1. The van der Waals surface area contributed by atoms with Crippen LogP contribution in [0.2, 0.25) is 0 Å². The van der Waals surface area contributed by atoms with Crippen molar-refractivity contribution in [2.24, 2.45) is 0 Å². The van der Waals surface area contributed by atoms with E-state index in [0.717, 1.165) is 30.7 Å². The van der Waals surface area contributed by atoms with Gasteiger partial charge in [-0.25, -0.2) is 4.98 Å². The van der Waals surface area contributed by atoms with Gasteiger partial charge in [0.25, 0.3) is 0 Å². The van der Waals surface area contributed by atoms with E-state index in [1.165, 1.54) is 0 Å². The molecule has 0 atom stereocenters. The highest BCUT2D eigenvalue weighted by atomic mass is 16.4. The molecule has 0 saturated carbocycles. The third-order valence-electron chi connectivity index (χ3n) is 2.42. The van der Waals surface area contributed by atoms with Crippen LogP contribution in [-0.2, 0) is 6.42 Å². The number of hydrogen-bond acceptors (Lipinski definition) is 3. The van der Waals surface area contributed by atoms with Gasteiger partial charge < -0.3 is 9.73 Å². The SMILES string of the molecule is CNCCCc1cnc(-c2ccccc2)o1. The number of nitrogens with one attached hydrogen (secondary N) is 1. The lowest BCUT2D eigenvalue weighted by atomic mass is 10.2. The molecule has 16 heavy (non-hydrogen) atoms. The van der Waals surface area contributed by atoms with E-state index < -0.39 is 0 Å². The zero-order valence-corrected chi connectivity index (χ0v) is 9.44. The smallest absolute Gasteiger partial charge is 0.226 e. The molecule has 0 saturated heterocycles. The Kier molecular flexibility index (Phi) is 3.72. The maximum absolute atomic E-state index is 5.68. The summed E-state index contributed by atoms with van der Waals surface area (Å²) < 4.78 is 5.68. The number of hydrogen-bond donors (Lipinski definition) is 1. The third kappa shape index (κ3) is 2.70. The number of rotatable bonds is 5. The van der Waals surface area contributed by atoms with Crippen molar-refractivity contribution in [1.29, 1.82) is 0 Å². The van der Waals surface area contributed by atoms with E-state index in [1.54, 1.807) is 0 Å². The second kappa shape index (κ2) is 5.47. The lowest BCUT2D eigenvalue weighted by Gasteiger charge is -1.96. The fourth-order valence-electron chi connectivity index (χ4n) is 1.58. The molecule has 1 aromatic carbocycles. The average molecular weight is 216 g/mol. The minimum absolute atomic E-state index is 0.708. The number of aryl methyl sites for hydroxylation is 1. The van der Waals surface area contributed by atoms with Crippen molar-refractivity contribution in [3.8, 4) is 11.5 Å². The molecule has 0 bridgehead atoms. The second-order valence-corrected chi connectivity index (χ2v) is 3.70. The van der Waals surface area contributed by atoms with Crippen molar-refractivity contribution in [2.75, 3.05) is 13.6 Å². The van der Waals surface area contributed by atoms with Gasteiger partial charge in [-0.1, -0.05) is 18.2 Å². The second-order valence-electron chi connectivity index (χ2n) is 3.70. The first-order valence-corrected chi connectivity index (χ1v) is 5.55. The molecular formula is C13H16N2O. The molecule has 0 radical (unpaired) electrons. The van der Waals surface area contributed by atoms with Crippen molar-refractivity contribution < 1.29 is 4.42 Å². The maximum atomic E-state index is 5.68. The summed E-state index contributed by atoms with van der Waals surface area (Å²) in [6.07, 6.45) is 3.82. The van der Waals surface area contributed by atoms with E-state index in [2.05, 4.69) is 10.3 Å². The molecule has 0 aliphatic carbocycles. The van der Waals surface area contributed by atoms with Crippen LogP contribution < -0.4 is 5.32 Å². The van der Waals surface area contributed by atoms with Gasteiger partial charge in [-0.2, -0.15) is 0 Å². The van der Waals surface area contributed by atoms with Gasteiger partial charge in [-0.05, 0) is 32.1 Å². The highest BCUT2D eigenvalue weighted by Crippen LogP contribution is 2.18. The molecule has 1 aromatic heterocycles. The molecule has 0 amide bonds. The van der Waals surface area contributed by atoms with E-state index in [0.29, 0.717) is 5.89 Å². The van der Waals surface area contributed by atoms with Gasteiger partial charge in [-0.3, -0.25) is 0 Å². The van der Waals surface area contributed by atoms with Gasteiger partial charge >= 0.3 is 0 Å². The fourth-order valence-corrected chi connectivity index (χ4v) is 1.58. The Morgan fingerprint density at radius 2 is 2.06 bits per heavy atom. The summed E-state index contributed by atoms with van der Waals surface area (Å²) in [5.74, 6) is 1.66. The summed E-state index contributed by atoms with van der Waals surface area (Å²) in [5, 5.41) is 3.11. The van der Waals surface area contributed by atoms with E-state index in [1.807, 2.05) is 43.6 Å². The lowest BCUT2D eigenvalue weighted by molar-refractivity contribution is 0.507. The standard InChI is InChI=1S/C13H16N2O/c1-14-9-5-8-12-10-15-13(16-12)11-6-3-2-4-7-11/h2-4,6-7,10,14H,5,8-9H2,1H3. The van der Waals surface area contributed by atoms with Gasteiger partial charge in [0.2, 0.25) is 5.89 Å². The van der Waals surface area contributed by atoms with Crippen LogP contribution in [0.25, 0.3) is 11.5 Å². The van der Waals surface area contributed by atoms with E-state index in [4.69, 9.17) is 4.42 Å². The summed E-state index contributed by atoms with van der Waals surface area (Å²) in [7, 11) is 1.95. The van der Waals surface area contributed by atoms with Crippen LogP contribution in [0.1, 0.15) is 12.2 Å². The molecule has 2 aromatic rings. The molecule has 84 valence electrons. The molecule has 0 spiro atoms. The van der Waals surface area contributed by atoms with Crippen LogP contribution in [0.15, 0.2) is 40.9 Å². The van der Waals surface area contributed by atoms with Crippen LogP contribution >= 0.6 is 0 Å². The first kappa shape index (κ1) is 10.9. The first-order valence-electron chi connectivity index (χ1n) is 5.55. The highest BCUT2D eigenvalue weighted by Gasteiger charge is 2.05. The van der Waals surface area contributed by atoms with Crippen LogP contribution in [0.5, 0.6) is 0 Å². The van der Waals surface area contributed by atoms with Gasteiger partial charge in [0.05, 0.1) is 6.20 Å². The fraction of sp³-hybridized carbons (Fsp3) is 0.308. The van der Waals surface area contributed by atoms with Gasteiger partial charge in [-0.15, -0.1) is 0 Å². The van der Waals surface area contributed by atoms with E-state index >= 15 is 0 Å². The molecule has 0 unspecified atom stereocenters. The van der Waals surface area contributed by atoms with E-state index in [-0.39, 0.29) is 0 Å². The molecule has 3 heteroatoms. The minimum Gasteiger partial charge on any atom is -0.441 e. The first-order chi connectivity index (χ1) is 7.90. The third-order valence-corrected chi connectivity index (χ3v) is 2.42. The molecule has 0 aliphatic heterocycles. The Hall–Kier alpha value is -1.61. The summed E-state index contributed by atoms with van der Waals surface area (Å²) in [5.41, 5.74) is 1.03. The molecule has 3 nitrogen and oxygen atoms in total. The normalized spacial score (nSPS) is 10.6. The molecule has 1 heterocycles. The lowest BCUT2D eigenvalue weighted by Crippen LogP contribution is -2.08. The molecule has 2 rings (SSSR count). The Morgan fingerprint density at radius 1 is 1.25 bits per heavy atom. The van der Waals surface area contributed by atoms with Gasteiger partial charge in [0.1, 0.15) is 5.76 Å². The topological polar surface area (TPSA) is 38.1 Å². The van der Waals surface area contributed by atoms with Crippen LogP contribution in [-0.4, -0.2) is 18.6 Å². The Morgan fingerprint density at radius 3 is 2.81 bits per heavy atom. The predicted octanol–water partition coefficient (Wildman–Crippen LogP) is 2.49. The predicted molar refractivity (Wildman–Crippen MR) is 64.2 cm³/mol. The zero-order valence-electron chi connectivity index (χ0n) is 9.44. The van der Waals surface area contributed by atoms with Gasteiger partial charge in [0.15, 0.2) is 0 Å². The van der Waals surface area contributed by atoms with Crippen molar-refractivity contribution >= 4 is 0 Å². The molecular weight excluding hydrogens is 200 g/mol. The van der Waals surface area contributed by atoms with Crippen LogP contribution in [0.4, 0.5) is 0 Å². The molecule has 0 aliphatic rings. The number of benzene rings is 1. The summed E-state index contributed by atoms with van der Waals surface area (Å²) in [4.78, 5) is 4.28. The molecule has 0 fully saturated rings. The van der Waals surface area contributed by atoms with E-state index in [9.17, 15) is 0 Å². The molecule has 1 N–H and O–H groups in total. The Balaban J connectivity index is 2.02. The average Bonchev–Trinajstić information content (AvgIpc) is 2.79.